The third kappa shape index (κ3) is 3.56. The van der Waals surface area contributed by atoms with Gasteiger partial charge in [0.25, 0.3) is 16.1 Å². The Morgan fingerprint density at radius 1 is 1.39 bits per heavy atom. The van der Waals surface area contributed by atoms with Crippen LogP contribution in [0.25, 0.3) is 0 Å². The lowest BCUT2D eigenvalue weighted by Crippen LogP contribution is -2.53. The van der Waals surface area contributed by atoms with Crippen LogP contribution in [0.3, 0.4) is 0 Å². The molecule has 1 aromatic heterocycles. The molecule has 1 aliphatic carbocycles. The molecule has 1 saturated carbocycles. The molecule has 1 aromatic rings. The van der Waals surface area contributed by atoms with Crippen LogP contribution in [0.2, 0.25) is 0 Å². The highest BCUT2D eigenvalue weighted by atomic mass is 32.2. The van der Waals surface area contributed by atoms with Crippen molar-refractivity contribution in [3.8, 4) is 0 Å². The molecule has 2 aliphatic rings. The van der Waals surface area contributed by atoms with E-state index in [0.29, 0.717) is 31.0 Å². The molecule has 8 nitrogen and oxygen atoms in total. The Balaban J connectivity index is 1.57. The van der Waals surface area contributed by atoms with Crippen LogP contribution in [-0.4, -0.2) is 49.5 Å². The van der Waals surface area contributed by atoms with E-state index in [4.69, 9.17) is 4.52 Å². The predicted octanol–water partition coefficient (Wildman–Crippen LogP) is 0.599. The van der Waals surface area contributed by atoms with Gasteiger partial charge in [-0.3, -0.25) is 4.79 Å². The summed E-state index contributed by atoms with van der Waals surface area (Å²) < 4.78 is 32.7. The van der Waals surface area contributed by atoms with Crippen molar-refractivity contribution in [1.29, 1.82) is 0 Å². The number of carbonyl (C=O) groups is 1. The maximum Gasteiger partial charge on any atom is 0.279 e. The lowest BCUT2D eigenvalue weighted by Gasteiger charge is -2.36. The van der Waals surface area contributed by atoms with Crippen molar-refractivity contribution >= 4 is 16.1 Å². The average Bonchev–Trinajstić information content (AvgIpc) is 3.24. The summed E-state index contributed by atoms with van der Waals surface area (Å²) in [6.07, 6.45) is 3.32. The Morgan fingerprint density at radius 2 is 2.13 bits per heavy atom. The number of aromatic nitrogens is 1. The fourth-order valence-electron chi connectivity index (χ4n) is 2.97. The largest absolute Gasteiger partial charge is 0.360 e. The summed E-state index contributed by atoms with van der Waals surface area (Å²) in [7, 11) is -2.03. The molecule has 2 heterocycles. The SMILES string of the molecule is CNS(=O)(=O)N1CC[C@@H](NC(=O)c2cc(C3CC3)on2)C[C@@H]1C. The van der Waals surface area contributed by atoms with Gasteiger partial charge >= 0.3 is 0 Å². The summed E-state index contributed by atoms with van der Waals surface area (Å²) in [6.45, 7) is 2.22. The van der Waals surface area contributed by atoms with Gasteiger partial charge in [-0.15, -0.1) is 0 Å². The molecule has 1 aliphatic heterocycles. The normalized spacial score (nSPS) is 26.2. The molecule has 1 saturated heterocycles. The van der Waals surface area contributed by atoms with Crippen LogP contribution < -0.4 is 10.0 Å². The van der Waals surface area contributed by atoms with Crippen LogP contribution in [0.1, 0.15) is 54.8 Å². The molecule has 23 heavy (non-hydrogen) atoms. The molecule has 0 spiro atoms. The molecule has 9 heteroatoms. The van der Waals surface area contributed by atoms with Gasteiger partial charge in [-0.05, 0) is 32.6 Å². The highest BCUT2D eigenvalue weighted by Gasteiger charge is 2.34. The minimum absolute atomic E-state index is 0.0677. The number of carbonyl (C=O) groups excluding carboxylic acids is 1. The third-order valence-electron chi connectivity index (χ3n) is 4.46. The number of nitrogens with one attached hydrogen (secondary N) is 2. The smallest absolute Gasteiger partial charge is 0.279 e. The first-order valence-corrected chi connectivity index (χ1v) is 9.32. The van der Waals surface area contributed by atoms with Crippen molar-refractivity contribution in [2.24, 2.45) is 0 Å². The van der Waals surface area contributed by atoms with Gasteiger partial charge in [-0.25, -0.2) is 4.72 Å². The van der Waals surface area contributed by atoms with Crippen molar-refractivity contribution in [3.63, 3.8) is 0 Å². The highest BCUT2D eigenvalue weighted by molar-refractivity contribution is 7.87. The Kier molecular flexibility index (Phi) is 4.43. The van der Waals surface area contributed by atoms with Crippen molar-refractivity contribution in [3.05, 3.63) is 17.5 Å². The first-order valence-electron chi connectivity index (χ1n) is 7.88. The molecule has 0 radical (unpaired) electrons. The molecule has 3 rings (SSSR count). The van der Waals surface area contributed by atoms with Crippen LogP contribution >= 0.6 is 0 Å². The van der Waals surface area contributed by atoms with E-state index >= 15 is 0 Å². The Bertz CT molecular complexity index is 683. The first-order chi connectivity index (χ1) is 10.9. The first kappa shape index (κ1) is 16.4. The fraction of sp³-hybridized carbons (Fsp3) is 0.714. The van der Waals surface area contributed by atoms with Crippen LogP contribution in [-0.2, 0) is 10.2 Å². The number of piperidine rings is 1. The summed E-state index contributed by atoms with van der Waals surface area (Å²) in [4.78, 5) is 12.2. The minimum atomic E-state index is -3.43. The summed E-state index contributed by atoms with van der Waals surface area (Å²) in [5.74, 6) is 0.931. The van der Waals surface area contributed by atoms with Crippen molar-refractivity contribution in [2.75, 3.05) is 13.6 Å². The maximum atomic E-state index is 12.2. The van der Waals surface area contributed by atoms with Gasteiger partial charge in [0.2, 0.25) is 0 Å². The third-order valence-corrected chi connectivity index (χ3v) is 6.13. The number of hydrogen-bond donors (Lipinski definition) is 2. The molecule has 2 fully saturated rings. The van der Waals surface area contributed by atoms with E-state index < -0.39 is 10.2 Å². The molecule has 0 unspecified atom stereocenters. The van der Waals surface area contributed by atoms with Gasteiger partial charge in [-0.2, -0.15) is 12.7 Å². The predicted molar refractivity (Wildman–Crippen MR) is 83.1 cm³/mol. The molecule has 1 amide bonds. The maximum absolute atomic E-state index is 12.2. The minimum Gasteiger partial charge on any atom is -0.360 e. The fourth-order valence-corrected chi connectivity index (χ4v) is 4.11. The number of hydrogen-bond acceptors (Lipinski definition) is 5. The van der Waals surface area contributed by atoms with E-state index in [0.717, 1.165) is 18.6 Å². The van der Waals surface area contributed by atoms with Crippen LogP contribution in [0, 0.1) is 0 Å². The summed E-state index contributed by atoms with van der Waals surface area (Å²) >= 11 is 0. The molecular formula is C14H22N4O4S. The monoisotopic (exact) mass is 342 g/mol. The summed E-state index contributed by atoms with van der Waals surface area (Å²) in [6, 6.07) is 1.46. The highest BCUT2D eigenvalue weighted by Crippen LogP contribution is 2.40. The summed E-state index contributed by atoms with van der Waals surface area (Å²) in [5.41, 5.74) is 0.296. The zero-order valence-electron chi connectivity index (χ0n) is 13.3. The van der Waals surface area contributed by atoms with E-state index in [-0.39, 0.29) is 18.0 Å². The van der Waals surface area contributed by atoms with E-state index in [2.05, 4.69) is 15.2 Å². The topological polar surface area (TPSA) is 105 Å². The van der Waals surface area contributed by atoms with Crippen molar-refractivity contribution in [2.45, 2.75) is 50.6 Å². The van der Waals surface area contributed by atoms with Gasteiger partial charge in [0, 0.05) is 37.7 Å². The Morgan fingerprint density at radius 3 is 2.74 bits per heavy atom. The van der Waals surface area contributed by atoms with Crippen molar-refractivity contribution in [1.82, 2.24) is 19.5 Å². The molecule has 0 bridgehead atoms. The van der Waals surface area contributed by atoms with E-state index in [1.54, 1.807) is 6.07 Å². The van der Waals surface area contributed by atoms with Gasteiger partial charge in [0.15, 0.2) is 5.69 Å². The number of rotatable bonds is 5. The standard InChI is InChI=1S/C14H22N4O4S/c1-9-7-11(5-6-18(9)23(20,21)15-2)16-14(19)12-8-13(22-17-12)10-3-4-10/h8-11,15H,3-7H2,1-2H3,(H,16,19)/t9-,11+/m0/s1. The molecule has 2 atom stereocenters. The van der Waals surface area contributed by atoms with Crippen LogP contribution in [0.4, 0.5) is 0 Å². The zero-order valence-corrected chi connectivity index (χ0v) is 14.1. The average molecular weight is 342 g/mol. The van der Waals surface area contributed by atoms with E-state index in [9.17, 15) is 13.2 Å². The van der Waals surface area contributed by atoms with E-state index in [1.807, 2.05) is 6.92 Å². The Labute approximate surface area is 135 Å². The molecular weight excluding hydrogens is 320 g/mol. The molecule has 0 aromatic carbocycles. The second-order valence-corrected chi connectivity index (χ2v) is 8.08. The van der Waals surface area contributed by atoms with Gasteiger partial charge in [0.1, 0.15) is 5.76 Å². The van der Waals surface area contributed by atoms with Crippen molar-refractivity contribution < 1.29 is 17.7 Å². The van der Waals surface area contributed by atoms with Gasteiger partial charge in [-0.1, -0.05) is 5.16 Å². The Hall–Kier alpha value is -1.45. The lowest BCUT2D eigenvalue weighted by molar-refractivity contribution is 0.0905. The molecule has 2 N–H and O–H groups in total. The van der Waals surface area contributed by atoms with Crippen LogP contribution in [0.5, 0.6) is 0 Å². The van der Waals surface area contributed by atoms with Crippen LogP contribution in [0.15, 0.2) is 10.6 Å². The number of amides is 1. The lowest BCUT2D eigenvalue weighted by atomic mass is 10.0. The van der Waals surface area contributed by atoms with Gasteiger partial charge in [0.05, 0.1) is 0 Å². The molecule has 128 valence electrons. The second kappa shape index (κ2) is 6.21. The van der Waals surface area contributed by atoms with Gasteiger partial charge < -0.3 is 9.84 Å². The zero-order chi connectivity index (χ0) is 16.6. The summed E-state index contributed by atoms with van der Waals surface area (Å²) in [5, 5.41) is 6.75. The quantitative estimate of drug-likeness (QED) is 0.815. The van der Waals surface area contributed by atoms with E-state index in [1.165, 1.54) is 11.4 Å². The number of nitrogens with zero attached hydrogens (tertiary/aromatic N) is 2. The second-order valence-electron chi connectivity index (χ2n) is 6.25.